The zero-order chi connectivity index (χ0) is 20.3. The maximum Gasteiger partial charge on any atom is 0.0500 e. The number of piperidine rings is 1. The average Bonchev–Trinajstić information content (AvgIpc) is 3.18. The number of hydrogen-bond donors (Lipinski definition) is 1. The summed E-state index contributed by atoms with van der Waals surface area (Å²) in [6.07, 6.45) is 3.51. The fourth-order valence-electron chi connectivity index (χ4n) is 4.82. The van der Waals surface area contributed by atoms with E-state index in [0.29, 0.717) is 5.92 Å². The van der Waals surface area contributed by atoms with Crippen LogP contribution in [-0.4, -0.2) is 29.5 Å². The predicted octanol–water partition coefficient (Wildman–Crippen LogP) is 6.91. The molecule has 0 atom stereocenters. The van der Waals surface area contributed by atoms with E-state index in [-0.39, 0.29) is 0 Å². The van der Waals surface area contributed by atoms with Gasteiger partial charge in [-0.05, 0) is 73.2 Å². The highest BCUT2D eigenvalue weighted by atomic mass is 35.5. The molecule has 1 fully saturated rings. The summed E-state index contributed by atoms with van der Waals surface area (Å²) in [4.78, 5) is 6.31. The van der Waals surface area contributed by atoms with Crippen LogP contribution in [0.4, 0.5) is 0 Å². The minimum Gasteiger partial charge on any atom is -0.354 e. The third-order valence-electron chi connectivity index (χ3n) is 6.42. The first-order valence-electron chi connectivity index (χ1n) is 10.9. The van der Waals surface area contributed by atoms with E-state index in [0.717, 1.165) is 31.1 Å². The van der Waals surface area contributed by atoms with Gasteiger partial charge in [-0.1, -0.05) is 72.3 Å². The molecule has 1 aromatic heterocycles. The predicted molar refractivity (Wildman–Crippen MR) is 127 cm³/mol. The molecule has 2 heterocycles. The summed E-state index contributed by atoms with van der Waals surface area (Å²) < 4.78 is 0. The number of likely N-dealkylation sites (tertiary alicyclic amines) is 1. The molecule has 1 aliphatic heterocycles. The number of fused-ring (bicyclic) bond motifs is 1. The van der Waals surface area contributed by atoms with Gasteiger partial charge in [-0.25, -0.2) is 0 Å². The van der Waals surface area contributed by atoms with Crippen molar-refractivity contribution in [3.8, 4) is 11.3 Å². The molecule has 152 valence electrons. The first kappa shape index (κ1) is 19.4. The highest BCUT2D eigenvalue weighted by Gasteiger charge is 2.26. The first-order valence-corrected chi connectivity index (χ1v) is 11.3. The Bertz CT molecular complexity index is 1110. The average molecular weight is 415 g/mol. The van der Waals surface area contributed by atoms with Gasteiger partial charge in [-0.3, -0.25) is 0 Å². The third-order valence-corrected chi connectivity index (χ3v) is 6.65. The molecule has 0 bridgehead atoms. The normalized spacial score (nSPS) is 15.6. The Morgan fingerprint density at radius 2 is 1.57 bits per heavy atom. The van der Waals surface area contributed by atoms with Gasteiger partial charge in [0.2, 0.25) is 0 Å². The number of nitrogens with zero attached hydrogens (tertiary/aromatic N) is 1. The molecule has 2 nitrogen and oxygen atoms in total. The molecule has 0 spiro atoms. The monoisotopic (exact) mass is 414 g/mol. The van der Waals surface area contributed by atoms with Gasteiger partial charge < -0.3 is 9.88 Å². The van der Waals surface area contributed by atoms with Crippen LogP contribution in [0.1, 0.15) is 29.9 Å². The summed E-state index contributed by atoms with van der Waals surface area (Å²) in [5.41, 5.74) is 6.57. The van der Waals surface area contributed by atoms with E-state index in [9.17, 15) is 0 Å². The number of rotatable bonds is 5. The lowest BCUT2D eigenvalue weighted by Crippen LogP contribution is -2.34. The van der Waals surface area contributed by atoms with Crippen molar-refractivity contribution in [3.63, 3.8) is 0 Å². The van der Waals surface area contributed by atoms with Gasteiger partial charge in [0.1, 0.15) is 0 Å². The SMILES string of the molecule is Clc1ccc2[nH]c(-c3ccccc3)c(C3CCN(CCc4ccccc4)CC3)c2c1. The Hall–Kier alpha value is -2.55. The van der Waals surface area contributed by atoms with Crippen LogP contribution < -0.4 is 0 Å². The molecule has 0 saturated carbocycles. The summed E-state index contributed by atoms with van der Waals surface area (Å²) in [6.45, 7) is 3.44. The number of aromatic amines is 1. The molecule has 0 aliphatic carbocycles. The Morgan fingerprint density at radius 3 is 2.30 bits per heavy atom. The summed E-state index contributed by atoms with van der Waals surface area (Å²) >= 11 is 6.39. The third kappa shape index (κ3) is 4.03. The molecule has 5 rings (SSSR count). The lowest BCUT2D eigenvalue weighted by atomic mass is 9.86. The van der Waals surface area contributed by atoms with Crippen LogP contribution >= 0.6 is 11.6 Å². The maximum atomic E-state index is 6.39. The van der Waals surface area contributed by atoms with Crippen molar-refractivity contribution in [3.05, 3.63) is 95.0 Å². The molecule has 1 N–H and O–H groups in total. The highest BCUT2D eigenvalue weighted by Crippen LogP contribution is 2.40. The van der Waals surface area contributed by atoms with Crippen molar-refractivity contribution in [2.24, 2.45) is 0 Å². The minimum absolute atomic E-state index is 0.556. The van der Waals surface area contributed by atoms with E-state index >= 15 is 0 Å². The van der Waals surface area contributed by atoms with Crippen LogP contribution in [0.2, 0.25) is 5.02 Å². The molecule has 0 unspecified atom stereocenters. The molecule has 0 amide bonds. The molecular weight excluding hydrogens is 388 g/mol. The van der Waals surface area contributed by atoms with Gasteiger partial charge in [0.25, 0.3) is 0 Å². The first-order chi connectivity index (χ1) is 14.8. The Kier molecular flexibility index (Phi) is 5.61. The number of H-pyrrole nitrogens is 1. The number of nitrogens with one attached hydrogen (secondary N) is 1. The molecular formula is C27H27ClN2. The minimum atomic E-state index is 0.556. The number of hydrogen-bond acceptors (Lipinski definition) is 1. The molecule has 3 aromatic carbocycles. The smallest absolute Gasteiger partial charge is 0.0500 e. The second-order valence-corrected chi connectivity index (χ2v) is 8.76. The lowest BCUT2D eigenvalue weighted by Gasteiger charge is -2.32. The van der Waals surface area contributed by atoms with Gasteiger partial charge in [-0.2, -0.15) is 0 Å². The van der Waals surface area contributed by atoms with E-state index in [1.165, 1.54) is 46.1 Å². The Balaban J connectivity index is 1.38. The summed E-state index contributed by atoms with van der Waals surface area (Å²) in [6, 6.07) is 27.8. The lowest BCUT2D eigenvalue weighted by molar-refractivity contribution is 0.215. The van der Waals surface area contributed by atoms with Gasteiger partial charge in [0.05, 0.1) is 0 Å². The zero-order valence-electron chi connectivity index (χ0n) is 17.2. The molecule has 1 aliphatic rings. The van der Waals surface area contributed by atoms with Crippen molar-refractivity contribution >= 4 is 22.5 Å². The fourth-order valence-corrected chi connectivity index (χ4v) is 4.99. The van der Waals surface area contributed by atoms with Gasteiger partial charge in [0.15, 0.2) is 0 Å². The molecule has 30 heavy (non-hydrogen) atoms. The van der Waals surface area contributed by atoms with Gasteiger partial charge in [0, 0.05) is 28.2 Å². The standard InChI is InChI=1S/C27H27ClN2/c28-23-11-12-25-24(19-23)26(27(29-25)22-9-5-2-6-10-22)21-14-17-30(18-15-21)16-13-20-7-3-1-4-8-20/h1-12,19,21,29H,13-18H2. The second kappa shape index (κ2) is 8.67. The van der Waals surface area contributed by atoms with Crippen molar-refractivity contribution in [1.29, 1.82) is 0 Å². The van der Waals surface area contributed by atoms with E-state index in [2.05, 4.69) is 82.7 Å². The van der Waals surface area contributed by atoms with Crippen LogP contribution in [0.5, 0.6) is 0 Å². The Morgan fingerprint density at radius 1 is 0.867 bits per heavy atom. The summed E-state index contributed by atoms with van der Waals surface area (Å²) in [5.74, 6) is 0.556. The van der Waals surface area contributed by atoms with Crippen molar-refractivity contribution in [2.75, 3.05) is 19.6 Å². The Labute approximate surface area is 183 Å². The van der Waals surface area contributed by atoms with Crippen LogP contribution in [0.3, 0.4) is 0 Å². The van der Waals surface area contributed by atoms with Gasteiger partial charge in [-0.15, -0.1) is 0 Å². The van der Waals surface area contributed by atoms with E-state index < -0.39 is 0 Å². The molecule has 0 radical (unpaired) electrons. The summed E-state index contributed by atoms with van der Waals surface area (Å²) in [5, 5.41) is 2.09. The van der Waals surface area contributed by atoms with Crippen LogP contribution in [0, 0.1) is 0 Å². The van der Waals surface area contributed by atoms with Crippen molar-refractivity contribution in [2.45, 2.75) is 25.2 Å². The zero-order valence-corrected chi connectivity index (χ0v) is 17.9. The molecule has 4 aromatic rings. The second-order valence-electron chi connectivity index (χ2n) is 8.32. The largest absolute Gasteiger partial charge is 0.354 e. The van der Waals surface area contributed by atoms with Crippen LogP contribution in [0.25, 0.3) is 22.2 Å². The number of benzene rings is 3. The molecule has 1 saturated heterocycles. The topological polar surface area (TPSA) is 19.0 Å². The van der Waals surface area contributed by atoms with Crippen LogP contribution in [-0.2, 0) is 6.42 Å². The highest BCUT2D eigenvalue weighted by molar-refractivity contribution is 6.31. The van der Waals surface area contributed by atoms with Crippen molar-refractivity contribution < 1.29 is 0 Å². The molecule has 3 heteroatoms. The quantitative estimate of drug-likeness (QED) is 0.376. The van der Waals surface area contributed by atoms with Crippen LogP contribution in [0.15, 0.2) is 78.9 Å². The number of halogens is 1. The summed E-state index contributed by atoms with van der Waals surface area (Å²) in [7, 11) is 0. The number of aromatic nitrogens is 1. The van der Waals surface area contributed by atoms with Gasteiger partial charge >= 0.3 is 0 Å². The fraction of sp³-hybridized carbons (Fsp3) is 0.259. The van der Waals surface area contributed by atoms with E-state index in [1.807, 2.05) is 6.07 Å². The van der Waals surface area contributed by atoms with E-state index in [1.54, 1.807) is 0 Å². The van der Waals surface area contributed by atoms with E-state index in [4.69, 9.17) is 11.6 Å². The van der Waals surface area contributed by atoms with Crippen molar-refractivity contribution in [1.82, 2.24) is 9.88 Å². The maximum absolute atomic E-state index is 6.39.